The van der Waals surface area contributed by atoms with E-state index in [2.05, 4.69) is 39.1 Å². The fraction of sp³-hybridized carbons (Fsp3) is 0.538. The molecule has 5 nitrogen and oxygen atoms in total. The average molecular weight is 312 g/mol. The van der Waals surface area contributed by atoms with Crippen molar-refractivity contribution in [2.45, 2.75) is 6.92 Å². The summed E-state index contributed by atoms with van der Waals surface area (Å²) in [4.78, 5) is 3.51. The van der Waals surface area contributed by atoms with E-state index >= 15 is 0 Å². The second-order valence-electron chi connectivity index (χ2n) is 4.55. The van der Waals surface area contributed by atoms with Gasteiger partial charge in [-0.1, -0.05) is 0 Å². The van der Waals surface area contributed by atoms with Crippen molar-refractivity contribution < 1.29 is 4.74 Å². The number of nitrogens with zero attached hydrogens (tertiary/aromatic N) is 2. The Hall–Kier alpha value is -1.02. The van der Waals surface area contributed by atoms with E-state index in [1.165, 1.54) is 5.56 Å². The van der Waals surface area contributed by atoms with Crippen molar-refractivity contribution >= 4 is 34.9 Å². The van der Waals surface area contributed by atoms with Crippen molar-refractivity contribution in [3.8, 4) is 0 Å². The molecule has 1 saturated heterocycles. The van der Waals surface area contributed by atoms with Crippen LogP contribution in [0.5, 0.6) is 0 Å². The summed E-state index contributed by atoms with van der Waals surface area (Å²) in [6, 6.07) is 2.07. The summed E-state index contributed by atoms with van der Waals surface area (Å²) < 4.78 is 5.31. The van der Waals surface area contributed by atoms with Crippen LogP contribution in [0.4, 0.5) is 0 Å². The van der Waals surface area contributed by atoms with Gasteiger partial charge in [-0.25, -0.2) is 0 Å². The van der Waals surface area contributed by atoms with Gasteiger partial charge in [-0.15, -0.1) is 11.3 Å². The number of thiocarbonyl (C=S) groups is 1. The van der Waals surface area contributed by atoms with Crippen LogP contribution in [0.2, 0.25) is 0 Å². The minimum Gasteiger partial charge on any atom is -0.379 e. The van der Waals surface area contributed by atoms with Crippen molar-refractivity contribution in [1.82, 2.24) is 15.6 Å². The molecule has 1 fully saturated rings. The lowest BCUT2D eigenvalue weighted by Gasteiger charge is -2.26. The Labute approximate surface area is 129 Å². The second kappa shape index (κ2) is 8.31. The fourth-order valence-corrected chi connectivity index (χ4v) is 2.80. The highest BCUT2D eigenvalue weighted by Gasteiger charge is 2.09. The summed E-state index contributed by atoms with van der Waals surface area (Å²) in [5.41, 5.74) is 4.07. The van der Waals surface area contributed by atoms with Crippen LogP contribution >= 0.6 is 23.6 Å². The molecule has 1 aromatic rings. The maximum Gasteiger partial charge on any atom is 0.187 e. The first-order chi connectivity index (χ1) is 9.75. The Bertz CT molecular complexity index is 455. The van der Waals surface area contributed by atoms with Gasteiger partial charge in [0.1, 0.15) is 0 Å². The van der Waals surface area contributed by atoms with Crippen LogP contribution in [-0.4, -0.2) is 55.6 Å². The number of aryl methyl sites for hydroxylation is 1. The molecule has 7 heteroatoms. The number of ether oxygens (including phenoxy) is 1. The lowest BCUT2D eigenvalue weighted by atomic mass is 10.3. The van der Waals surface area contributed by atoms with Crippen molar-refractivity contribution in [2.75, 3.05) is 39.4 Å². The summed E-state index contributed by atoms with van der Waals surface area (Å²) >= 11 is 6.84. The van der Waals surface area contributed by atoms with E-state index in [9.17, 15) is 0 Å². The number of thiophene rings is 1. The van der Waals surface area contributed by atoms with E-state index in [1.54, 1.807) is 17.6 Å². The lowest BCUT2D eigenvalue weighted by Crippen LogP contribution is -2.42. The fourth-order valence-electron chi connectivity index (χ4n) is 1.86. The van der Waals surface area contributed by atoms with Gasteiger partial charge in [-0.3, -0.25) is 10.3 Å². The molecule has 2 rings (SSSR count). The first kappa shape index (κ1) is 15.4. The van der Waals surface area contributed by atoms with Crippen molar-refractivity contribution in [3.63, 3.8) is 0 Å². The third-order valence-electron chi connectivity index (χ3n) is 3.07. The zero-order valence-corrected chi connectivity index (χ0v) is 13.2. The molecular weight excluding hydrogens is 292 g/mol. The van der Waals surface area contributed by atoms with Crippen LogP contribution < -0.4 is 10.7 Å². The average Bonchev–Trinajstić information content (AvgIpc) is 2.86. The van der Waals surface area contributed by atoms with Crippen molar-refractivity contribution in [1.29, 1.82) is 0 Å². The Morgan fingerprint density at radius 2 is 2.35 bits per heavy atom. The van der Waals surface area contributed by atoms with Gasteiger partial charge in [0.05, 0.1) is 19.4 Å². The molecule has 0 atom stereocenters. The topological polar surface area (TPSA) is 48.9 Å². The van der Waals surface area contributed by atoms with Gasteiger partial charge in [-0.05, 0) is 36.2 Å². The lowest BCUT2D eigenvalue weighted by molar-refractivity contribution is 0.0389. The van der Waals surface area contributed by atoms with Gasteiger partial charge in [0, 0.05) is 31.1 Å². The maximum atomic E-state index is 5.31. The molecular formula is C13H20N4OS2. The minimum atomic E-state index is 0.559. The van der Waals surface area contributed by atoms with Crippen LogP contribution in [0.1, 0.15) is 10.4 Å². The first-order valence-electron chi connectivity index (χ1n) is 6.67. The van der Waals surface area contributed by atoms with Crippen molar-refractivity contribution in [2.24, 2.45) is 5.10 Å². The van der Waals surface area contributed by atoms with Crippen LogP contribution in [0.25, 0.3) is 0 Å². The predicted octanol–water partition coefficient (Wildman–Crippen LogP) is 1.19. The summed E-state index contributed by atoms with van der Waals surface area (Å²) in [5.74, 6) is 0. The predicted molar refractivity (Wildman–Crippen MR) is 87.6 cm³/mol. The van der Waals surface area contributed by atoms with Crippen LogP contribution in [0.3, 0.4) is 0 Å². The normalized spacial score (nSPS) is 16.4. The number of hydrogen-bond donors (Lipinski definition) is 2. The van der Waals surface area contributed by atoms with Gasteiger partial charge in [-0.2, -0.15) is 5.10 Å². The maximum absolute atomic E-state index is 5.31. The van der Waals surface area contributed by atoms with Gasteiger partial charge in [0.15, 0.2) is 5.11 Å². The molecule has 0 spiro atoms. The van der Waals surface area contributed by atoms with Crippen LogP contribution in [-0.2, 0) is 4.74 Å². The molecule has 110 valence electrons. The highest BCUT2D eigenvalue weighted by molar-refractivity contribution is 7.80. The molecule has 20 heavy (non-hydrogen) atoms. The van der Waals surface area contributed by atoms with Crippen molar-refractivity contribution in [3.05, 3.63) is 21.9 Å². The smallest absolute Gasteiger partial charge is 0.187 e. The molecule has 0 radical (unpaired) electrons. The van der Waals surface area contributed by atoms with Gasteiger partial charge >= 0.3 is 0 Å². The number of hydrazone groups is 1. The largest absolute Gasteiger partial charge is 0.379 e. The molecule has 1 aromatic heterocycles. The number of hydrogen-bond acceptors (Lipinski definition) is 5. The highest BCUT2D eigenvalue weighted by Crippen LogP contribution is 2.12. The van der Waals surface area contributed by atoms with E-state index < -0.39 is 0 Å². The third-order valence-corrected chi connectivity index (χ3v) is 4.26. The Kier molecular flexibility index (Phi) is 6.38. The van der Waals surface area contributed by atoms with Gasteiger partial charge in [0.2, 0.25) is 0 Å². The monoisotopic (exact) mass is 312 g/mol. The standard InChI is InChI=1S/C13H20N4OS2/c1-11-2-9-20-12(11)10-15-16-13(19)14-3-4-17-5-7-18-8-6-17/h2,9-10H,3-8H2,1H3,(H2,14,16,19)/b15-10+. The molecule has 0 saturated carbocycles. The van der Waals surface area contributed by atoms with E-state index in [1.807, 2.05) is 0 Å². The SMILES string of the molecule is Cc1ccsc1/C=N/NC(=S)NCCN1CCOCC1. The zero-order valence-electron chi connectivity index (χ0n) is 11.6. The minimum absolute atomic E-state index is 0.559. The van der Waals surface area contributed by atoms with Gasteiger partial charge in [0.25, 0.3) is 0 Å². The first-order valence-corrected chi connectivity index (χ1v) is 7.95. The van der Waals surface area contributed by atoms with Crippen LogP contribution in [0, 0.1) is 6.92 Å². The number of nitrogens with one attached hydrogen (secondary N) is 2. The number of morpholine rings is 1. The summed E-state index contributed by atoms with van der Waals surface area (Å²) in [7, 11) is 0. The third kappa shape index (κ3) is 5.16. The quantitative estimate of drug-likeness (QED) is 0.486. The summed E-state index contributed by atoms with van der Waals surface area (Å²) in [6.07, 6.45) is 1.80. The van der Waals surface area contributed by atoms with Gasteiger partial charge < -0.3 is 10.1 Å². The highest BCUT2D eigenvalue weighted by atomic mass is 32.1. The molecule has 0 amide bonds. The Morgan fingerprint density at radius 1 is 1.55 bits per heavy atom. The summed E-state index contributed by atoms with van der Waals surface area (Å²) in [5, 5.41) is 9.90. The summed E-state index contributed by atoms with van der Waals surface area (Å²) in [6.45, 7) is 7.50. The number of rotatable bonds is 5. The molecule has 1 aliphatic rings. The molecule has 0 unspecified atom stereocenters. The molecule has 0 bridgehead atoms. The Balaban J connectivity index is 1.60. The molecule has 1 aliphatic heterocycles. The van der Waals surface area contributed by atoms with Crippen LogP contribution in [0.15, 0.2) is 16.5 Å². The van der Waals surface area contributed by atoms with E-state index in [0.29, 0.717) is 5.11 Å². The molecule has 0 aliphatic carbocycles. The zero-order chi connectivity index (χ0) is 14.2. The molecule has 2 heterocycles. The van der Waals surface area contributed by atoms with E-state index in [0.717, 1.165) is 44.3 Å². The van der Waals surface area contributed by atoms with E-state index in [-0.39, 0.29) is 0 Å². The Morgan fingerprint density at radius 3 is 3.05 bits per heavy atom. The second-order valence-corrected chi connectivity index (χ2v) is 5.90. The molecule has 0 aromatic carbocycles. The van der Waals surface area contributed by atoms with E-state index in [4.69, 9.17) is 17.0 Å². The molecule has 2 N–H and O–H groups in total.